The Hall–Kier alpha value is -3.43. The molecule has 2 heterocycles. The van der Waals surface area contributed by atoms with Gasteiger partial charge in [-0.25, -0.2) is 9.98 Å². The van der Waals surface area contributed by atoms with E-state index in [-0.39, 0.29) is 5.78 Å². The van der Waals surface area contributed by atoms with Crippen LogP contribution >= 0.6 is 11.6 Å². The van der Waals surface area contributed by atoms with Crippen molar-refractivity contribution in [3.05, 3.63) is 81.3 Å². The molecule has 158 valence electrons. The molecule has 1 aliphatic rings. The highest BCUT2D eigenvalue weighted by Crippen LogP contribution is 2.43. The maximum absolute atomic E-state index is 12.2. The second-order valence-electron chi connectivity index (χ2n) is 7.69. The van der Waals surface area contributed by atoms with Gasteiger partial charge in [-0.3, -0.25) is 4.79 Å². The molecule has 1 aliphatic heterocycles. The van der Waals surface area contributed by atoms with Gasteiger partial charge in [-0.15, -0.1) is 0 Å². The minimum absolute atomic E-state index is 0.0745. The lowest BCUT2D eigenvalue weighted by atomic mass is 9.81. The second kappa shape index (κ2) is 8.75. The fraction of sp³-hybridized carbons (Fsp3) is 0.250. The molecule has 6 nitrogen and oxygen atoms in total. The van der Waals surface area contributed by atoms with Gasteiger partial charge in [0.05, 0.1) is 18.0 Å². The molecule has 0 amide bonds. The minimum Gasteiger partial charge on any atom is -0.369 e. The lowest BCUT2D eigenvalue weighted by Crippen LogP contribution is -2.42. The van der Waals surface area contributed by atoms with E-state index in [0.717, 1.165) is 28.0 Å². The van der Waals surface area contributed by atoms with Crippen LogP contribution in [0.25, 0.3) is 5.57 Å². The number of hydrogen-bond acceptors (Lipinski definition) is 5. The molecule has 3 rings (SSSR count). The number of nitrogens with one attached hydrogen (secondary N) is 1. The Balaban J connectivity index is 2.39. The number of carbonyl (C=O) groups is 1. The zero-order valence-corrected chi connectivity index (χ0v) is 18.9. The van der Waals surface area contributed by atoms with Crippen molar-refractivity contribution in [3.63, 3.8) is 0 Å². The first-order valence-electron chi connectivity index (χ1n) is 9.75. The molecule has 0 spiro atoms. The molecular formula is C24H24ClN5O. The Morgan fingerprint density at radius 2 is 2.06 bits per heavy atom. The van der Waals surface area contributed by atoms with Crippen LogP contribution in [0.15, 0.2) is 53.2 Å². The summed E-state index contributed by atoms with van der Waals surface area (Å²) in [4.78, 5) is 23.2. The van der Waals surface area contributed by atoms with Crippen molar-refractivity contribution in [2.75, 3.05) is 14.1 Å². The van der Waals surface area contributed by atoms with Gasteiger partial charge in [0, 0.05) is 42.7 Å². The molecular weight excluding hydrogens is 410 g/mol. The minimum atomic E-state index is -1.07. The number of hydrogen-bond donors (Lipinski definition) is 1. The maximum atomic E-state index is 12.2. The number of pyridine rings is 1. The predicted octanol–water partition coefficient (Wildman–Crippen LogP) is 4.13. The Labute approximate surface area is 187 Å². The third-order valence-corrected chi connectivity index (χ3v) is 5.29. The third kappa shape index (κ3) is 4.37. The van der Waals surface area contributed by atoms with Crippen LogP contribution in [0.4, 0.5) is 0 Å². The number of ketones is 1. The number of allylic oxidation sites excluding steroid dienone is 2. The van der Waals surface area contributed by atoms with E-state index in [9.17, 15) is 10.1 Å². The quantitative estimate of drug-likeness (QED) is 0.435. The molecule has 7 heteroatoms. The lowest BCUT2D eigenvalue weighted by Gasteiger charge is -2.38. The number of aromatic nitrogens is 1. The van der Waals surface area contributed by atoms with Gasteiger partial charge < -0.3 is 10.2 Å². The number of aliphatic imine (C=N–C) groups is 1. The van der Waals surface area contributed by atoms with E-state index in [1.807, 2.05) is 57.1 Å². The molecule has 1 aromatic heterocycles. The van der Waals surface area contributed by atoms with Crippen LogP contribution in [0.3, 0.4) is 0 Å². The number of aryl methyl sites for hydroxylation is 1. The molecule has 1 atom stereocenters. The number of carbonyl (C=O) groups excluding carboxylic acids is 1. The van der Waals surface area contributed by atoms with E-state index in [1.54, 1.807) is 24.7 Å². The summed E-state index contributed by atoms with van der Waals surface area (Å²) < 4.78 is 0. The van der Waals surface area contributed by atoms with Gasteiger partial charge >= 0.3 is 0 Å². The van der Waals surface area contributed by atoms with Crippen molar-refractivity contribution < 1.29 is 4.79 Å². The number of Topliss-reactive ketones (excluding diaryl/α,β-unsaturated/α-hetero) is 1. The number of dihydropyridines is 1. The number of rotatable bonds is 5. The molecule has 1 unspecified atom stereocenters. The predicted molar refractivity (Wildman–Crippen MR) is 124 cm³/mol. The number of nitriles is 1. The van der Waals surface area contributed by atoms with Gasteiger partial charge in [0.1, 0.15) is 5.15 Å². The summed E-state index contributed by atoms with van der Waals surface area (Å²) >= 11 is 6.28. The summed E-state index contributed by atoms with van der Waals surface area (Å²) in [5.74, 6) is -0.0745. The molecule has 2 aromatic rings. The zero-order chi connectivity index (χ0) is 22.8. The zero-order valence-electron chi connectivity index (χ0n) is 18.2. The smallest absolute Gasteiger partial charge is 0.184 e. The highest BCUT2D eigenvalue weighted by molar-refractivity contribution is 6.29. The van der Waals surface area contributed by atoms with Crippen molar-refractivity contribution in [3.8, 4) is 6.07 Å². The van der Waals surface area contributed by atoms with Crippen LogP contribution in [-0.4, -0.2) is 36.1 Å². The largest absolute Gasteiger partial charge is 0.369 e. The van der Waals surface area contributed by atoms with E-state index in [2.05, 4.69) is 16.4 Å². The molecule has 0 radical (unpaired) electrons. The topological polar surface area (TPSA) is 81.4 Å². The molecule has 0 saturated heterocycles. The SMILES string of the molecule is CC(=O)C1=CNC(N=CN(C)C)(c2cccc(C#N)c2C)C(c2cc(C)nc(Cl)c2)=C1. The fourth-order valence-electron chi connectivity index (χ4n) is 3.59. The van der Waals surface area contributed by atoms with Crippen molar-refractivity contribution in [1.29, 1.82) is 5.26 Å². The molecule has 0 saturated carbocycles. The summed E-state index contributed by atoms with van der Waals surface area (Å²) in [5, 5.41) is 13.3. The van der Waals surface area contributed by atoms with E-state index in [0.29, 0.717) is 16.3 Å². The normalized spacial score (nSPS) is 18.1. The Bertz CT molecular complexity index is 1150. The van der Waals surface area contributed by atoms with Gasteiger partial charge in [-0.2, -0.15) is 5.26 Å². The number of halogens is 1. The molecule has 1 N–H and O–H groups in total. The van der Waals surface area contributed by atoms with Crippen LogP contribution < -0.4 is 5.32 Å². The van der Waals surface area contributed by atoms with Gasteiger partial charge in [0.25, 0.3) is 0 Å². The molecule has 31 heavy (non-hydrogen) atoms. The fourth-order valence-corrected chi connectivity index (χ4v) is 3.84. The van der Waals surface area contributed by atoms with Crippen molar-refractivity contribution in [1.82, 2.24) is 15.2 Å². The van der Waals surface area contributed by atoms with Crippen LogP contribution in [0, 0.1) is 25.2 Å². The first kappa shape index (κ1) is 22.3. The van der Waals surface area contributed by atoms with E-state index < -0.39 is 5.66 Å². The monoisotopic (exact) mass is 433 g/mol. The average Bonchev–Trinajstić information content (AvgIpc) is 2.71. The number of nitrogens with zero attached hydrogens (tertiary/aromatic N) is 4. The van der Waals surface area contributed by atoms with Gasteiger partial charge in [0.15, 0.2) is 11.4 Å². The second-order valence-corrected chi connectivity index (χ2v) is 8.07. The van der Waals surface area contributed by atoms with Gasteiger partial charge in [-0.1, -0.05) is 23.7 Å². The van der Waals surface area contributed by atoms with E-state index >= 15 is 0 Å². The van der Waals surface area contributed by atoms with Gasteiger partial charge in [-0.05, 0) is 56.2 Å². The Morgan fingerprint density at radius 1 is 1.32 bits per heavy atom. The van der Waals surface area contributed by atoms with Crippen molar-refractivity contribution >= 4 is 29.3 Å². The maximum Gasteiger partial charge on any atom is 0.184 e. The third-order valence-electron chi connectivity index (χ3n) is 5.09. The van der Waals surface area contributed by atoms with Gasteiger partial charge in [0.2, 0.25) is 0 Å². The first-order valence-corrected chi connectivity index (χ1v) is 10.1. The number of benzene rings is 1. The molecule has 0 aliphatic carbocycles. The van der Waals surface area contributed by atoms with E-state index in [4.69, 9.17) is 16.6 Å². The summed E-state index contributed by atoms with van der Waals surface area (Å²) in [6, 6.07) is 11.5. The summed E-state index contributed by atoms with van der Waals surface area (Å²) in [7, 11) is 3.76. The van der Waals surface area contributed by atoms with Crippen LogP contribution in [-0.2, 0) is 10.5 Å². The Kier molecular flexibility index (Phi) is 6.28. The van der Waals surface area contributed by atoms with E-state index in [1.165, 1.54) is 6.92 Å². The first-order chi connectivity index (χ1) is 14.7. The Morgan fingerprint density at radius 3 is 2.68 bits per heavy atom. The standard InChI is InChI=1S/C24H24ClN5O/c1-15-9-19(11-23(25)29-15)22-10-20(17(3)31)13-27-24(22,28-14-30(4)5)21-8-6-7-18(12-26)16(21)2/h6-11,13-14,27H,1-5H3. The summed E-state index contributed by atoms with van der Waals surface area (Å²) in [6.07, 6.45) is 5.21. The molecule has 0 fully saturated rings. The highest BCUT2D eigenvalue weighted by atomic mass is 35.5. The van der Waals surface area contributed by atoms with Crippen molar-refractivity contribution in [2.45, 2.75) is 26.4 Å². The van der Waals surface area contributed by atoms with Crippen LogP contribution in [0.5, 0.6) is 0 Å². The lowest BCUT2D eigenvalue weighted by molar-refractivity contribution is -0.113. The molecule has 1 aromatic carbocycles. The highest BCUT2D eigenvalue weighted by Gasteiger charge is 2.40. The van der Waals surface area contributed by atoms with Crippen LogP contribution in [0.1, 0.15) is 34.9 Å². The summed E-state index contributed by atoms with van der Waals surface area (Å²) in [5.41, 5.74) is 3.88. The summed E-state index contributed by atoms with van der Waals surface area (Å²) in [6.45, 7) is 5.28. The average molecular weight is 434 g/mol. The van der Waals surface area contributed by atoms with Crippen molar-refractivity contribution in [2.24, 2.45) is 4.99 Å². The van der Waals surface area contributed by atoms with Crippen LogP contribution in [0.2, 0.25) is 5.15 Å². The molecule has 0 bridgehead atoms.